The van der Waals surface area contributed by atoms with Crippen LogP contribution in [0.1, 0.15) is 27.7 Å². The molecule has 2 unspecified atom stereocenters. The smallest absolute Gasteiger partial charge is 0.327 e. The molecule has 0 rings (SSSR count). The van der Waals surface area contributed by atoms with Crippen LogP contribution in [0.15, 0.2) is 0 Å². The lowest BCUT2D eigenvalue weighted by atomic mass is 10.3. The monoisotopic (exact) mass is 588 g/mol. The SMILES string of the molecule is C.CO[Si](C)(C)CCCSCC(NC(C)=O)C(=O)O.CO[Si](C)(C)CCSCC(NC(C)=O)C(=O)O. The van der Waals surface area contributed by atoms with E-state index < -0.39 is 40.7 Å². The molecule has 14 heteroatoms. The van der Waals surface area contributed by atoms with E-state index in [2.05, 4.69) is 36.8 Å². The van der Waals surface area contributed by atoms with Gasteiger partial charge in [0.15, 0.2) is 16.6 Å². The van der Waals surface area contributed by atoms with Gasteiger partial charge in [0.1, 0.15) is 12.1 Å². The van der Waals surface area contributed by atoms with Crippen LogP contribution in [0.5, 0.6) is 0 Å². The Hall–Kier alpha value is -1.07. The average Bonchev–Trinajstić information content (AvgIpc) is 2.74. The molecule has 214 valence electrons. The van der Waals surface area contributed by atoms with Gasteiger partial charge in [-0.05, 0) is 56.2 Å². The van der Waals surface area contributed by atoms with Gasteiger partial charge in [-0.25, -0.2) is 9.59 Å². The van der Waals surface area contributed by atoms with Crippen molar-refractivity contribution in [3.8, 4) is 0 Å². The van der Waals surface area contributed by atoms with Gasteiger partial charge in [0.2, 0.25) is 11.8 Å². The number of carbonyl (C=O) groups excluding carboxylic acids is 2. The molecule has 2 amide bonds. The van der Waals surface area contributed by atoms with Crippen LogP contribution < -0.4 is 10.6 Å². The highest BCUT2D eigenvalue weighted by atomic mass is 32.2. The predicted molar refractivity (Wildman–Crippen MR) is 155 cm³/mol. The van der Waals surface area contributed by atoms with Crippen LogP contribution in [0, 0.1) is 0 Å². The van der Waals surface area contributed by atoms with Gasteiger partial charge in [-0.1, -0.05) is 7.43 Å². The third-order valence-corrected chi connectivity index (χ3v) is 12.7. The maximum absolute atomic E-state index is 10.9. The molecule has 0 bridgehead atoms. The van der Waals surface area contributed by atoms with Crippen LogP contribution in [-0.2, 0) is 28.0 Å². The molecule has 0 aromatic rings. The molecule has 2 atom stereocenters. The lowest BCUT2D eigenvalue weighted by Gasteiger charge is -2.20. The average molecular weight is 589 g/mol. The van der Waals surface area contributed by atoms with Crippen LogP contribution >= 0.6 is 23.5 Å². The van der Waals surface area contributed by atoms with Gasteiger partial charge in [0, 0.05) is 39.6 Å². The highest BCUT2D eigenvalue weighted by Gasteiger charge is 2.22. The molecule has 0 saturated carbocycles. The summed E-state index contributed by atoms with van der Waals surface area (Å²) in [5, 5.41) is 22.6. The summed E-state index contributed by atoms with van der Waals surface area (Å²) in [5.74, 6) is -0.0483. The summed E-state index contributed by atoms with van der Waals surface area (Å²) in [4.78, 5) is 43.3. The third-order valence-electron chi connectivity index (χ3n) is 4.94. The fourth-order valence-corrected chi connectivity index (χ4v) is 8.21. The van der Waals surface area contributed by atoms with Gasteiger partial charge in [-0.15, -0.1) is 0 Å². The number of rotatable bonds is 17. The van der Waals surface area contributed by atoms with Crippen molar-refractivity contribution in [1.82, 2.24) is 10.6 Å². The van der Waals surface area contributed by atoms with Crippen molar-refractivity contribution in [3.63, 3.8) is 0 Å². The van der Waals surface area contributed by atoms with E-state index in [9.17, 15) is 19.2 Å². The number of hydrogen-bond donors (Lipinski definition) is 4. The van der Waals surface area contributed by atoms with E-state index in [0.717, 1.165) is 30.0 Å². The molecule has 0 radical (unpaired) electrons. The van der Waals surface area contributed by atoms with Crippen LogP contribution in [-0.4, -0.2) is 99.9 Å². The Balaban J connectivity index is -0.000000590. The zero-order valence-corrected chi connectivity index (χ0v) is 25.9. The third kappa shape index (κ3) is 23.3. The zero-order valence-electron chi connectivity index (χ0n) is 22.3. The highest BCUT2D eigenvalue weighted by molar-refractivity contribution is 7.99. The number of thioether (sulfide) groups is 2. The van der Waals surface area contributed by atoms with Crippen LogP contribution in [0.3, 0.4) is 0 Å². The van der Waals surface area contributed by atoms with Gasteiger partial charge < -0.3 is 29.7 Å². The molecule has 0 aliphatic rings. The van der Waals surface area contributed by atoms with E-state index in [1.807, 2.05) is 0 Å². The summed E-state index contributed by atoms with van der Waals surface area (Å²) in [6.45, 7) is 11.2. The Kier molecular flexibility index (Phi) is 22.9. The summed E-state index contributed by atoms with van der Waals surface area (Å²) in [7, 11) is 0.397. The molecule has 0 aromatic heterocycles. The second-order valence-electron chi connectivity index (χ2n) is 9.11. The first kappa shape index (κ1) is 39.4. The van der Waals surface area contributed by atoms with Crippen molar-refractivity contribution >= 4 is 63.9 Å². The topological polar surface area (TPSA) is 151 Å². The molecule has 0 fully saturated rings. The Morgan fingerprint density at radius 2 is 1.11 bits per heavy atom. The van der Waals surface area contributed by atoms with E-state index in [1.165, 1.54) is 25.6 Å². The first-order valence-corrected chi connectivity index (χ1v) is 19.9. The normalized spacial score (nSPS) is 12.8. The first-order valence-electron chi connectivity index (χ1n) is 11.3. The number of carboxylic acid groups (broad SMARTS) is 2. The number of nitrogens with one attached hydrogen (secondary N) is 2. The summed E-state index contributed by atoms with van der Waals surface area (Å²) in [5.41, 5.74) is 0. The molecule has 0 aromatic carbocycles. The summed E-state index contributed by atoms with van der Waals surface area (Å²) in [6.07, 6.45) is 1.02. The molecule has 0 saturated heterocycles. The molecule has 0 aliphatic heterocycles. The number of amides is 2. The lowest BCUT2D eigenvalue weighted by Crippen LogP contribution is -2.41. The predicted octanol–water partition coefficient (Wildman–Crippen LogP) is 3.35. The van der Waals surface area contributed by atoms with E-state index in [1.54, 1.807) is 26.0 Å². The molecule has 4 N–H and O–H groups in total. The maximum Gasteiger partial charge on any atom is 0.327 e. The second-order valence-corrected chi connectivity index (χ2v) is 20.3. The molecular weight excluding hydrogens is 541 g/mol. The van der Waals surface area contributed by atoms with Crippen molar-refractivity contribution in [1.29, 1.82) is 0 Å². The molecule has 10 nitrogen and oxygen atoms in total. The molecule has 0 heterocycles. The Morgan fingerprint density at radius 3 is 1.44 bits per heavy atom. The number of aliphatic carboxylic acids is 2. The van der Waals surface area contributed by atoms with Crippen molar-refractivity contribution < 1.29 is 38.2 Å². The largest absolute Gasteiger partial charge is 0.480 e. The molecular formula is C22H48N2O8S2Si2. The highest BCUT2D eigenvalue weighted by Crippen LogP contribution is 2.16. The van der Waals surface area contributed by atoms with Crippen molar-refractivity contribution in [3.05, 3.63) is 0 Å². The van der Waals surface area contributed by atoms with Gasteiger partial charge in [0.05, 0.1) is 0 Å². The fourth-order valence-electron chi connectivity index (χ4n) is 2.36. The van der Waals surface area contributed by atoms with E-state index in [4.69, 9.17) is 19.1 Å². The summed E-state index contributed by atoms with van der Waals surface area (Å²) < 4.78 is 10.8. The van der Waals surface area contributed by atoms with Gasteiger partial charge in [-0.3, -0.25) is 9.59 Å². The van der Waals surface area contributed by atoms with E-state index in [-0.39, 0.29) is 19.2 Å². The van der Waals surface area contributed by atoms with Crippen LogP contribution in [0.2, 0.25) is 38.3 Å². The lowest BCUT2D eigenvalue weighted by molar-refractivity contribution is -0.141. The Bertz CT molecular complexity index is 670. The molecule has 0 spiro atoms. The van der Waals surface area contributed by atoms with Gasteiger partial charge in [0.25, 0.3) is 0 Å². The first-order chi connectivity index (χ1) is 16.1. The Labute approximate surface area is 227 Å². The quantitative estimate of drug-likeness (QED) is 0.147. The number of hydrogen-bond acceptors (Lipinski definition) is 8. The molecule has 36 heavy (non-hydrogen) atoms. The zero-order chi connectivity index (χ0) is 27.7. The van der Waals surface area contributed by atoms with E-state index >= 15 is 0 Å². The minimum atomic E-state index is -1.56. The standard InChI is InChI=1S/C11H23NO4SSi.C10H21NO4SSi.CH4/c1-9(13)12-10(11(14)15)8-17-6-5-7-18(3,4)16-2;1-8(12)11-9(10(13)14)7-16-5-6-17(3,4)15-2;/h10H,5-8H2,1-4H3,(H,12,13)(H,14,15);9H,5-7H2,1-4H3,(H,11,12)(H,13,14);1H4. The maximum atomic E-state index is 10.9. The van der Waals surface area contributed by atoms with Crippen molar-refractivity contribution in [2.24, 2.45) is 0 Å². The number of carbonyl (C=O) groups is 4. The van der Waals surface area contributed by atoms with Crippen LogP contribution in [0.4, 0.5) is 0 Å². The molecule has 0 aliphatic carbocycles. The van der Waals surface area contributed by atoms with E-state index in [0.29, 0.717) is 11.5 Å². The summed E-state index contributed by atoms with van der Waals surface area (Å²) in [6, 6.07) is 0.444. The Morgan fingerprint density at radius 1 is 0.750 bits per heavy atom. The van der Waals surface area contributed by atoms with Gasteiger partial charge >= 0.3 is 11.9 Å². The van der Waals surface area contributed by atoms with Gasteiger partial charge in [-0.2, -0.15) is 23.5 Å². The van der Waals surface area contributed by atoms with Crippen molar-refractivity contribution in [2.75, 3.05) is 37.2 Å². The van der Waals surface area contributed by atoms with Crippen molar-refractivity contribution in [2.45, 2.75) is 78.1 Å². The number of carboxylic acids is 2. The summed E-state index contributed by atoms with van der Waals surface area (Å²) >= 11 is 3.09. The second kappa shape index (κ2) is 20.9. The minimum Gasteiger partial charge on any atom is -0.480 e. The fraction of sp³-hybridized carbons (Fsp3) is 0.818. The minimum absolute atomic E-state index is 0. The van der Waals surface area contributed by atoms with Crippen LogP contribution in [0.25, 0.3) is 0 Å².